The maximum atomic E-state index is 11.5. The number of rotatable bonds is 5. The summed E-state index contributed by atoms with van der Waals surface area (Å²) in [7, 11) is 0. The fourth-order valence-corrected chi connectivity index (χ4v) is 1.29. The first-order valence-corrected chi connectivity index (χ1v) is 5.60. The van der Waals surface area contributed by atoms with Gasteiger partial charge in [-0.05, 0) is 12.0 Å². The number of hydrogen-bond donors (Lipinski definition) is 1. The van der Waals surface area contributed by atoms with Crippen LogP contribution < -0.4 is 5.32 Å². The van der Waals surface area contributed by atoms with E-state index in [-0.39, 0.29) is 11.3 Å². The van der Waals surface area contributed by atoms with Crippen LogP contribution in [0.25, 0.3) is 0 Å². The fourth-order valence-electron chi connectivity index (χ4n) is 1.21. The molecule has 3 heteroatoms. The Bertz CT molecular complexity index is 300. The standard InChI is InChI=1S/C12H16ClNO/c1-2-11(13)9-14-12(15)8-10-6-4-3-5-7-10/h3-7,11H,2,8-9H2,1H3,(H,14,15). The van der Waals surface area contributed by atoms with E-state index in [1.165, 1.54) is 0 Å². The van der Waals surface area contributed by atoms with Gasteiger partial charge in [-0.3, -0.25) is 4.79 Å². The number of carbonyl (C=O) groups is 1. The molecule has 0 saturated carbocycles. The molecule has 0 aromatic heterocycles. The van der Waals surface area contributed by atoms with Gasteiger partial charge in [-0.1, -0.05) is 37.3 Å². The van der Waals surface area contributed by atoms with E-state index in [9.17, 15) is 4.79 Å². The lowest BCUT2D eigenvalue weighted by atomic mass is 10.1. The Kier molecular flexibility index (Phi) is 5.19. The van der Waals surface area contributed by atoms with Crippen molar-refractivity contribution in [2.45, 2.75) is 25.1 Å². The van der Waals surface area contributed by atoms with E-state index in [1.54, 1.807) is 0 Å². The summed E-state index contributed by atoms with van der Waals surface area (Å²) in [6.07, 6.45) is 1.29. The second-order valence-corrected chi connectivity index (χ2v) is 4.09. The molecule has 0 radical (unpaired) electrons. The summed E-state index contributed by atoms with van der Waals surface area (Å²) in [6, 6.07) is 9.68. The molecular weight excluding hydrogens is 210 g/mol. The molecule has 0 fully saturated rings. The van der Waals surface area contributed by atoms with Gasteiger partial charge in [-0.25, -0.2) is 0 Å². The molecular formula is C12H16ClNO. The number of carbonyl (C=O) groups excluding carboxylic acids is 1. The van der Waals surface area contributed by atoms with E-state index in [0.717, 1.165) is 12.0 Å². The van der Waals surface area contributed by atoms with Gasteiger partial charge in [0.15, 0.2) is 0 Å². The second kappa shape index (κ2) is 6.46. The van der Waals surface area contributed by atoms with Gasteiger partial charge in [0.05, 0.1) is 11.8 Å². The van der Waals surface area contributed by atoms with Crippen LogP contribution in [0.3, 0.4) is 0 Å². The van der Waals surface area contributed by atoms with Gasteiger partial charge in [-0.2, -0.15) is 0 Å². The average Bonchev–Trinajstić information content (AvgIpc) is 2.27. The quantitative estimate of drug-likeness (QED) is 0.766. The summed E-state index contributed by atoms with van der Waals surface area (Å²) < 4.78 is 0. The summed E-state index contributed by atoms with van der Waals surface area (Å²) in [6.45, 7) is 2.55. The summed E-state index contributed by atoms with van der Waals surface area (Å²) in [5, 5.41) is 2.84. The lowest BCUT2D eigenvalue weighted by Crippen LogP contribution is -2.30. The lowest BCUT2D eigenvalue weighted by molar-refractivity contribution is -0.120. The van der Waals surface area contributed by atoms with Crippen molar-refractivity contribution in [2.24, 2.45) is 0 Å². The zero-order valence-corrected chi connectivity index (χ0v) is 9.63. The molecule has 1 amide bonds. The topological polar surface area (TPSA) is 29.1 Å². The Hall–Kier alpha value is -1.02. The third kappa shape index (κ3) is 4.84. The summed E-state index contributed by atoms with van der Waals surface area (Å²) in [4.78, 5) is 11.5. The lowest BCUT2D eigenvalue weighted by Gasteiger charge is -2.08. The number of hydrogen-bond acceptors (Lipinski definition) is 1. The van der Waals surface area contributed by atoms with Crippen molar-refractivity contribution in [3.8, 4) is 0 Å². The van der Waals surface area contributed by atoms with Crippen LogP contribution in [0.4, 0.5) is 0 Å². The fraction of sp³-hybridized carbons (Fsp3) is 0.417. The summed E-state index contributed by atoms with van der Waals surface area (Å²) in [5.41, 5.74) is 1.03. The summed E-state index contributed by atoms with van der Waals surface area (Å²) in [5.74, 6) is 0.0281. The van der Waals surface area contributed by atoms with Crippen molar-refractivity contribution in [3.05, 3.63) is 35.9 Å². The van der Waals surface area contributed by atoms with E-state index in [2.05, 4.69) is 5.32 Å². The summed E-state index contributed by atoms with van der Waals surface area (Å²) >= 11 is 5.90. The Balaban J connectivity index is 2.31. The molecule has 0 aliphatic rings. The highest BCUT2D eigenvalue weighted by Crippen LogP contribution is 2.01. The highest BCUT2D eigenvalue weighted by atomic mass is 35.5. The van der Waals surface area contributed by atoms with Gasteiger partial charge in [0.2, 0.25) is 5.91 Å². The molecule has 15 heavy (non-hydrogen) atoms. The molecule has 2 nitrogen and oxygen atoms in total. The largest absolute Gasteiger partial charge is 0.354 e. The van der Waals surface area contributed by atoms with Crippen LogP contribution in [0.15, 0.2) is 30.3 Å². The second-order valence-electron chi connectivity index (χ2n) is 3.47. The molecule has 82 valence electrons. The Labute approximate surface area is 95.6 Å². The smallest absolute Gasteiger partial charge is 0.224 e. The number of halogens is 1. The van der Waals surface area contributed by atoms with Gasteiger partial charge in [0.25, 0.3) is 0 Å². The molecule has 1 unspecified atom stereocenters. The van der Waals surface area contributed by atoms with Crippen molar-refractivity contribution < 1.29 is 4.79 Å². The normalized spacial score (nSPS) is 12.1. The van der Waals surface area contributed by atoms with Crippen LogP contribution in [-0.2, 0) is 11.2 Å². The van der Waals surface area contributed by atoms with Crippen molar-refractivity contribution in [1.29, 1.82) is 0 Å². The molecule has 1 N–H and O–H groups in total. The molecule has 0 heterocycles. The molecule has 0 aliphatic heterocycles. The monoisotopic (exact) mass is 225 g/mol. The third-order valence-electron chi connectivity index (χ3n) is 2.17. The molecule has 0 aliphatic carbocycles. The van der Waals surface area contributed by atoms with E-state index in [0.29, 0.717) is 13.0 Å². The minimum atomic E-state index is 0.0281. The van der Waals surface area contributed by atoms with E-state index < -0.39 is 0 Å². The Morgan fingerprint density at radius 2 is 2.07 bits per heavy atom. The molecule has 1 aromatic rings. The number of benzene rings is 1. The first kappa shape index (κ1) is 12.1. The minimum Gasteiger partial charge on any atom is -0.354 e. The molecule has 1 aromatic carbocycles. The third-order valence-corrected chi connectivity index (χ3v) is 2.63. The molecule has 1 atom stereocenters. The number of nitrogens with one attached hydrogen (secondary N) is 1. The van der Waals surface area contributed by atoms with Gasteiger partial charge < -0.3 is 5.32 Å². The van der Waals surface area contributed by atoms with Crippen LogP contribution in [0.1, 0.15) is 18.9 Å². The number of alkyl halides is 1. The first-order chi connectivity index (χ1) is 7.22. The number of amides is 1. The molecule has 0 bridgehead atoms. The SMILES string of the molecule is CCC(Cl)CNC(=O)Cc1ccccc1. The van der Waals surface area contributed by atoms with Gasteiger partial charge in [0.1, 0.15) is 0 Å². The van der Waals surface area contributed by atoms with E-state index in [4.69, 9.17) is 11.6 Å². The maximum Gasteiger partial charge on any atom is 0.224 e. The van der Waals surface area contributed by atoms with E-state index >= 15 is 0 Å². The van der Waals surface area contributed by atoms with Gasteiger partial charge >= 0.3 is 0 Å². The van der Waals surface area contributed by atoms with Crippen LogP contribution >= 0.6 is 11.6 Å². The zero-order valence-electron chi connectivity index (χ0n) is 8.87. The first-order valence-electron chi connectivity index (χ1n) is 5.17. The predicted molar refractivity (Wildman–Crippen MR) is 63.1 cm³/mol. The van der Waals surface area contributed by atoms with Crippen molar-refractivity contribution in [2.75, 3.05) is 6.54 Å². The minimum absolute atomic E-state index is 0.0281. The van der Waals surface area contributed by atoms with Crippen LogP contribution in [0.2, 0.25) is 0 Å². The van der Waals surface area contributed by atoms with Gasteiger partial charge in [-0.15, -0.1) is 11.6 Å². The highest BCUT2D eigenvalue weighted by Gasteiger charge is 2.05. The van der Waals surface area contributed by atoms with Crippen LogP contribution in [0.5, 0.6) is 0 Å². The molecule has 0 saturated heterocycles. The molecule has 0 spiro atoms. The van der Waals surface area contributed by atoms with Crippen molar-refractivity contribution in [1.82, 2.24) is 5.32 Å². The highest BCUT2D eigenvalue weighted by molar-refractivity contribution is 6.20. The molecule has 1 rings (SSSR count). The average molecular weight is 226 g/mol. The Morgan fingerprint density at radius 1 is 1.40 bits per heavy atom. The van der Waals surface area contributed by atoms with Crippen LogP contribution in [0, 0.1) is 0 Å². The zero-order chi connectivity index (χ0) is 11.1. The predicted octanol–water partition coefficient (Wildman–Crippen LogP) is 2.36. The van der Waals surface area contributed by atoms with Gasteiger partial charge in [0, 0.05) is 6.54 Å². The Morgan fingerprint density at radius 3 is 2.67 bits per heavy atom. The van der Waals surface area contributed by atoms with Crippen LogP contribution in [-0.4, -0.2) is 17.8 Å². The van der Waals surface area contributed by atoms with E-state index in [1.807, 2.05) is 37.3 Å². The maximum absolute atomic E-state index is 11.5. The van der Waals surface area contributed by atoms with Crippen molar-refractivity contribution in [3.63, 3.8) is 0 Å². The van der Waals surface area contributed by atoms with Crippen molar-refractivity contribution >= 4 is 17.5 Å².